The highest BCUT2D eigenvalue weighted by Crippen LogP contribution is 2.21. The van der Waals surface area contributed by atoms with Gasteiger partial charge in [-0.2, -0.15) is 0 Å². The van der Waals surface area contributed by atoms with Crippen molar-refractivity contribution in [2.45, 2.75) is 39.3 Å². The van der Waals surface area contributed by atoms with Gasteiger partial charge in [0, 0.05) is 24.4 Å². The summed E-state index contributed by atoms with van der Waals surface area (Å²) in [6.07, 6.45) is 0.872. The molecule has 2 aromatic carbocycles. The molecule has 28 heavy (non-hydrogen) atoms. The van der Waals surface area contributed by atoms with E-state index in [0.29, 0.717) is 31.0 Å². The summed E-state index contributed by atoms with van der Waals surface area (Å²) in [4.78, 5) is 20.1. The molecule has 1 aliphatic rings. The summed E-state index contributed by atoms with van der Waals surface area (Å²) >= 11 is 5.94. The largest absolute Gasteiger partial charge is 0.390 e. The van der Waals surface area contributed by atoms with Crippen molar-refractivity contribution >= 4 is 23.2 Å². The first kappa shape index (κ1) is 20.3. The zero-order chi connectivity index (χ0) is 20.1. The summed E-state index contributed by atoms with van der Waals surface area (Å²) < 4.78 is 13.2. The van der Waals surface area contributed by atoms with Gasteiger partial charge in [0.05, 0.1) is 12.3 Å². The fraction of sp³-hybridized carbons (Fsp3) is 0.364. The van der Waals surface area contributed by atoms with Gasteiger partial charge in [-0.25, -0.2) is 4.39 Å². The van der Waals surface area contributed by atoms with Gasteiger partial charge < -0.3 is 9.74 Å². The molecule has 1 atom stereocenters. The number of rotatable bonds is 7. The van der Waals surface area contributed by atoms with Crippen LogP contribution in [0.3, 0.4) is 0 Å². The van der Waals surface area contributed by atoms with Crippen molar-refractivity contribution in [3.63, 3.8) is 0 Å². The van der Waals surface area contributed by atoms with E-state index < -0.39 is 0 Å². The standard InChI is InChI=1S/C22H24ClFN2O2/c1-15(2)11-22(27)26(13-16-3-9-19(24)10-4-16)14-20-12-21(25-28-20)17-5-7-18(23)8-6-17/h3-10,15,20H,11-14H2,1-2H3. The van der Waals surface area contributed by atoms with Crippen LogP contribution in [0.1, 0.15) is 37.8 Å². The number of nitrogens with zero attached hydrogens (tertiary/aromatic N) is 2. The molecule has 0 fully saturated rings. The van der Waals surface area contributed by atoms with E-state index in [2.05, 4.69) is 5.16 Å². The van der Waals surface area contributed by atoms with Gasteiger partial charge in [0.1, 0.15) is 5.82 Å². The first-order valence-corrected chi connectivity index (χ1v) is 9.79. The Hall–Kier alpha value is -2.40. The van der Waals surface area contributed by atoms with Crippen LogP contribution in [-0.2, 0) is 16.2 Å². The lowest BCUT2D eigenvalue weighted by Gasteiger charge is -2.26. The van der Waals surface area contributed by atoms with Crippen LogP contribution in [0.25, 0.3) is 0 Å². The average Bonchev–Trinajstić information content (AvgIpc) is 3.11. The number of hydrogen-bond acceptors (Lipinski definition) is 3. The molecule has 0 aliphatic carbocycles. The Labute approximate surface area is 169 Å². The lowest BCUT2D eigenvalue weighted by Crippen LogP contribution is -2.37. The molecule has 0 N–H and O–H groups in total. The van der Waals surface area contributed by atoms with E-state index in [-0.39, 0.29) is 23.7 Å². The van der Waals surface area contributed by atoms with Gasteiger partial charge in [0.25, 0.3) is 0 Å². The van der Waals surface area contributed by atoms with E-state index in [0.717, 1.165) is 16.8 Å². The van der Waals surface area contributed by atoms with Crippen LogP contribution in [0.5, 0.6) is 0 Å². The van der Waals surface area contributed by atoms with Crippen molar-refractivity contribution in [3.05, 3.63) is 70.5 Å². The Kier molecular flexibility index (Phi) is 6.68. The molecule has 0 radical (unpaired) electrons. The Morgan fingerprint density at radius 1 is 1.21 bits per heavy atom. The highest BCUT2D eigenvalue weighted by atomic mass is 35.5. The van der Waals surface area contributed by atoms with Crippen molar-refractivity contribution in [3.8, 4) is 0 Å². The number of oxime groups is 1. The second-order valence-electron chi connectivity index (χ2n) is 7.48. The summed E-state index contributed by atoms with van der Waals surface area (Å²) in [6.45, 7) is 4.88. The SMILES string of the molecule is CC(C)CC(=O)N(Cc1ccc(F)cc1)CC1CC(c2ccc(Cl)cc2)=NO1. The van der Waals surface area contributed by atoms with Gasteiger partial charge in [-0.1, -0.05) is 54.9 Å². The summed E-state index contributed by atoms with van der Waals surface area (Å²) in [6, 6.07) is 13.7. The van der Waals surface area contributed by atoms with Crippen molar-refractivity contribution in [2.75, 3.05) is 6.54 Å². The molecular weight excluding hydrogens is 379 g/mol. The molecule has 0 spiro atoms. The summed E-state index contributed by atoms with van der Waals surface area (Å²) in [5, 5.41) is 4.87. The van der Waals surface area contributed by atoms with E-state index in [1.807, 2.05) is 38.1 Å². The molecule has 4 nitrogen and oxygen atoms in total. The van der Waals surface area contributed by atoms with Gasteiger partial charge in [0.2, 0.25) is 5.91 Å². The van der Waals surface area contributed by atoms with Crippen LogP contribution in [0.2, 0.25) is 5.02 Å². The van der Waals surface area contributed by atoms with E-state index in [4.69, 9.17) is 16.4 Å². The fourth-order valence-electron chi connectivity index (χ4n) is 3.13. The minimum Gasteiger partial charge on any atom is -0.390 e. The van der Waals surface area contributed by atoms with Crippen molar-refractivity contribution in [2.24, 2.45) is 11.1 Å². The van der Waals surface area contributed by atoms with E-state index >= 15 is 0 Å². The smallest absolute Gasteiger partial charge is 0.223 e. The second-order valence-corrected chi connectivity index (χ2v) is 7.91. The zero-order valence-corrected chi connectivity index (χ0v) is 16.8. The Balaban J connectivity index is 1.66. The van der Waals surface area contributed by atoms with Gasteiger partial charge >= 0.3 is 0 Å². The topological polar surface area (TPSA) is 41.9 Å². The first-order valence-electron chi connectivity index (χ1n) is 9.41. The highest BCUT2D eigenvalue weighted by molar-refractivity contribution is 6.30. The molecule has 1 unspecified atom stereocenters. The summed E-state index contributed by atoms with van der Waals surface area (Å²) in [7, 11) is 0. The highest BCUT2D eigenvalue weighted by Gasteiger charge is 2.27. The molecule has 6 heteroatoms. The molecule has 1 heterocycles. The maximum Gasteiger partial charge on any atom is 0.223 e. The van der Waals surface area contributed by atoms with Crippen LogP contribution < -0.4 is 0 Å². The third-order valence-electron chi connectivity index (χ3n) is 4.56. The Bertz CT molecular complexity index is 835. The molecule has 3 rings (SSSR count). The maximum atomic E-state index is 13.2. The zero-order valence-electron chi connectivity index (χ0n) is 16.1. The van der Waals surface area contributed by atoms with Crippen LogP contribution >= 0.6 is 11.6 Å². The van der Waals surface area contributed by atoms with Gasteiger partial charge in [-0.15, -0.1) is 0 Å². The monoisotopic (exact) mass is 402 g/mol. The van der Waals surface area contributed by atoms with Crippen LogP contribution in [0.15, 0.2) is 53.7 Å². The molecule has 0 aromatic heterocycles. The van der Waals surface area contributed by atoms with Crippen molar-refractivity contribution in [1.82, 2.24) is 4.90 Å². The quantitative estimate of drug-likeness (QED) is 0.650. The summed E-state index contributed by atoms with van der Waals surface area (Å²) in [5.74, 6) is 0.0281. The van der Waals surface area contributed by atoms with Gasteiger partial charge in [-0.3, -0.25) is 4.79 Å². The summed E-state index contributed by atoms with van der Waals surface area (Å²) in [5.41, 5.74) is 2.69. The number of benzene rings is 2. The van der Waals surface area contributed by atoms with E-state index in [1.54, 1.807) is 17.0 Å². The molecule has 1 aliphatic heterocycles. The third kappa shape index (κ3) is 5.55. The number of carbonyl (C=O) groups excluding carboxylic acids is 1. The number of halogens is 2. The molecule has 0 saturated carbocycles. The third-order valence-corrected chi connectivity index (χ3v) is 4.81. The maximum absolute atomic E-state index is 13.2. The van der Waals surface area contributed by atoms with Crippen LogP contribution in [-0.4, -0.2) is 29.2 Å². The van der Waals surface area contributed by atoms with Crippen molar-refractivity contribution in [1.29, 1.82) is 0 Å². The molecule has 148 valence electrons. The first-order chi connectivity index (χ1) is 13.4. The normalized spacial score (nSPS) is 16.0. The molecule has 0 saturated heterocycles. The number of carbonyl (C=O) groups is 1. The number of amides is 1. The minimum atomic E-state index is -0.288. The lowest BCUT2D eigenvalue weighted by molar-refractivity contribution is -0.134. The van der Waals surface area contributed by atoms with Gasteiger partial charge in [-0.05, 0) is 41.3 Å². The van der Waals surface area contributed by atoms with Crippen molar-refractivity contribution < 1.29 is 14.0 Å². The second kappa shape index (κ2) is 9.20. The van der Waals surface area contributed by atoms with Crippen LogP contribution in [0.4, 0.5) is 4.39 Å². The Morgan fingerprint density at radius 2 is 1.89 bits per heavy atom. The molecule has 1 amide bonds. The Morgan fingerprint density at radius 3 is 2.54 bits per heavy atom. The minimum absolute atomic E-state index is 0.0582. The fourth-order valence-corrected chi connectivity index (χ4v) is 3.25. The molecule has 0 bridgehead atoms. The van der Waals surface area contributed by atoms with E-state index in [1.165, 1.54) is 12.1 Å². The predicted molar refractivity (Wildman–Crippen MR) is 109 cm³/mol. The average molecular weight is 403 g/mol. The molecular formula is C22H24ClFN2O2. The molecule has 2 aromatic rings. The van der Waals surface area contributed by atoms with Gasteiger partial charge in [0.15, 0.2) is 6.10 Å². The predicted octanol–water partition coefficient (Wildman–Crippen LogP) is 5.05. The lowest BCUT2D eigenvalue weighted by atomic mass is 10.0. The van der Waals surface area contributed by atoms with Crippen LogP contribution in [0, 0.1) is 11.7 Å². The number of hydrogen-bond donors (Lipinski definition) is 0. The van der Waals surface area contributed by atoms with E-state index in [9.17, 15) is 9.18 Å².